The number of ether oxygens (including phenoxy) is 2. The first-order valence-corrected chi connectivity index (χ1v) is 7.46. The molecule has 0 aliphatic rings. The van der Waals surface area contributed by atoms with Gasteiger partial charge in [-0.2, -0.15) is 0 Å². The van der Waals surface area contributed by atoms with Crippen LogP contribution in [0.2, 0.25) is 0 Å². The molecule has 0 saturated heterocycles. The summed E-state index contributed by atoms with van der Waals surface area (Å²) in [6.07, 6.45) is 0. The zero-order valence-electron chi connectivity index (χ0n) is 10.9. The lowest BCUT2D eigenvalue weighted by atomic mass is 10.2. The van der Waals surface area contributed by atoms with Crippen molar-refractivity contribution in [3.63, 3.8) is 0 Å². The minimum Gasteiger partial charge on any atom is -0.465 e. The van der Waals surface area contributed by atoms with E-state index in [9.17, 15) is 9.59 Å². The lowest BCUT2D eigenvalue weighted by Gasteiger charge is -2.08. The number of rotatable bonds is 3. The van der Waals surface area contributed by atoms with E-state index in [4.69, 9.17) is 4.74 Å². The zero-order chi connectivity index (χ0) is 15.4. The molecule has 2 rings (SSSR count). The lowest BCUT2D eigenvalue weighted by molar-refractivity contribution is 0.0600. The van der Waals surface area contributed by atoms with Gasteiger partial charge in [-0.15, -0.1) is 0 Å². The van der Waals surface area contributed by atoms with Gasteiger partial charge in [0.15, 0.2) is 0 Å². The van der Waals surface area contributed by atoms with E-state index in [2.05, 4.69) is 36.6 Å². The summed E-state index contributed by atoms with van der Waals surface area (Å²) in [4.78, 5) is 23.5. The molecule has 0 bridgehead atoms. The number of benzene rings is 2. The molecule has 108 valence electrons. The average Bonchev–Trinajstić information content (AvgIpc) is 2.48. The molecule has 0 heterocycles. The van der Waals surface area contributed by atoms with Gasteiger partial charge in [-0.05, 0) is 62.2 Å². The van der Waals surface area contributed by atoms with Crippen LogP contribution in [0.3, 0.4) is 0 Å². The molecule has 2 aromatic rings. The molecule has 21 heavy (non-hydrogen) atoms. The molecule has 0 aliphatic carbocycles. The Morgan fingerprint density at radius 3 is 2.29 bits per heavy atom. The van der Waals surface area contributed by atoms with Crippen molar-refractivity contribution in [2.75, 3.05) is 7.11 Å². The molecule has 0 atom stereocenters. The fourth-order valence-electron chi connectivity index (χ4n) is 1.61. The van der Waals surface area contributed by atoms with Crippen LogP contribution < -0.4 is 4.74 Å². The van der Waals surface area contributed by atoms with E-state index < -0.39 is 11.9 Å². The minimum absolute atomic E-state index is 0.323. The first-order chi connectivity index (χ1) is 10.0. The van der Waals surface area contributed by atoms with Crippen LogP contribution in [0.1, 0.15) is 20.7 Å². The molecule has 0 saturated carbocycles. The summed E-state index contributed by atoms with van der Waals surface area (Å²) >= 11 is 6.56. The van der Waals surface area contributed by atoms with Crippen molar-refractivity contribution in [1.29, 1.82) is 0 Å². The first kappa shape index (κ1) is 15.7. The van der Waals surface area contributed by atoms with Crippen LogP contribution in [-0.4, -0.2) is 19.0 Å². The van der Waals surface area contributed by atoms with E-state index in [1.807, 2.05) is 6.07 Å². The van der Waals surface area contributed by atoms with E-state index in [0.717, 1.165) is 0 Å². The van der Waals surface area contributed by atoms with E-state index in [1.165, 1.54) is 25.3 Å². The Morgan fingerprint density at radius 2 is 1.67 bits per heavy atom. The third-order valence-electron chi connectivity index (χ3n) is 2.65. The molecule has 0 radical (unpaired) electrons. The summed E-state index contributed by atoms with van der Waals surface area (Å²) in [6, 6.07) is 11.6. The van der Waals surface area contributed by atoms with E-state index >= 15 is 0 Å². The smallest absolute Gasteiger partial charge is 0.344 e. The number of hydrogen-bond donors (Lipinski definition) is 0. The molecule has 2 aromatic carbocycles. The second-order valence-corrected chi connectivity index (χ2v) is 5.71. The van der Waals surface area contributed by atoms with Crippen LogP contribution in [0.5, 0.6) is 5.75 Å². The molecule has 0 N–H and O–H groups in total. The van der Waals surface area contributed by atoms with E-state index in [1.54, 1.807) is 18.2 Å². The van der Waals surface area contributed by atoms with Gasteiger partial charge in [-0.3, -0.25) is 0 Å². The summed E-state index contributed by atoms with van der Waals surface area (Å²) in [5, 5.41) is 0. The minimum atomic E-state index is -0.492. The largest absolute Gasteiger partial charge is 0.465 e. The fourth-order valence-corrected chi connectivity index (χ4v) is 2.52. The molecular weight excluding hydrogens is 404 g/mol. The van der Waals surface area contributed by atoms with Crippen molar-refractivity contribution >= 4 is 43.8 Å². The predicted molar refractivity (Wildman–Crippen MR) is 84.6 cm³/mol. The lowest BCUT2D eigenvalue weighted by Crippen LogP contribution is -2.10. The maximum atomic E-state index is 12.1. The Morgan fingerprint density at radius 1 is 0.952 bits per heavy atom. The number of carbonyl (C=O) groups excluding carboxylic acids is 2. The van der Waals surface area contributed by atoms with Crippen molar-refractivity contribution in [3.05, 3.63) is 62.5 Å². The van der Waals surface area contributed by atoms with Gasteiger partial charge < -0.3 is 9.47 Å². The third-order valence-corrected chi connectivity index (χ3v) is 3.96. The maximum absolute atomic E-state index is 12.1. The normalized spacial score (nSPS) is 10.0. The van der Waals surface area contributed by atoms with E-state index in [0.29, 0.717) is 25.8 Å². The molecule has 0 unspecified atom stereocenters. The topological polar surface area (TPSA) is 52.6 Å². The average molecular weight is 414 g/mol. The van der Waals surface area contributed by atoms with Gasteiger partial charge in [0.2, 0.25) is 0 Å². The number of halogens is 2. The molecular formula is C15H10Br2O4. The Bertz CT molecular complexity index is 698. The van der Waals surface area contributed by atoms with Crippen LogP contribution >= 0.6 is 31.9 Å². The zero-order valence-corrected chi connectivity index (χ0v) is 14.1. The maximum Gasteiger partial charge on any atom is 0.344 e. The van der Waals surface area contributed by atoms with Gasteiger partial charge in [0.05, 0.1) is 22.7 Å². The monoisotopic (exact) mass is 412 g/mol. The first-order valence-electron chi connectivity index (χ1n) is 5.87. The van der Waals surface area contributed by atoms with Crippen LogP contribution in [0.4, 0.5) is 0 Å². The van der Waals surface area contributed by atoms with Crippen molar-refractivity contribution in [2.45, 2.75) is 0 Å². The highest BCUT2D eigenvalue weighted by Crippen LogP contribution is 2.28. The van der Waals surface area contributed by atoms with Gasteiger partial charge in [0.1, 0.15) is 5.75 Å². The molecule has 0 aromatic heterocycles. The van der Waals surface area contributed by atoms with Crippen molar-refractivity contribution in [3.8, 4) is 5.75 Å². The summed E-state index contributed by atoms with van der Waals surface area (Å²) in [5.41, 5.74) is 0.784. The number of esters is 2. The highest BCUT2D eigenvalue weighted by molar-refractivity contribution is 9.10. The van der Waals surface area contributed by atoms with Gasteiger partial charge in [0, 0.05) is 4.47 Å². The molecule has 4 nitrogen and oxygen atoms in total. The number of hydrogen-bond acceptors (Lipinski definition) is 4. The van der Waals surface area contributed by atoms with Crippen LogP contribution in [0.25, 0.3) is 0 Å². The Balaban J connectivity index is 2.22. The van der Waals surface area contributed by atoms with Gasteiger partial charge >= 0.3 is 11.9 Å². The highest BCUT2D eigenvalue weighted by Gasteiger charge is 2.15. The Kier molecular flexibility index (Phi) is 5.14. The SMILES string of the molecule is COC(=O)c1ccc(OC(=O)c2ccccc2Br)c(Br)c1. The Hall–Kier alpha value is -1.66. The van der Waals surface area contributed by atoms with Crippen molar-refractivity contribution in [1.82, 2.24) is 0 Å². The summed E-state index contributed by atoms with van der Waals surface area (Å²) in [6.45, 7) is 0. The highest BCUT2D eigenvalue weighted by atomic mass is 79.9. The summed E-state index contributed by atoms with van der Waals surface area (Å²) < 4.78 is 11.1. The molecule has 0 amide bonds. The quantitative estimate of drug-likeness (QED) is 0.558. The Labute approximate surface area is 138 Å². The van der Waals surface area contributed by atoms with Gasteiger partial charge in [-0.1, -0.05) is 12.1 Å². The molecule has 6 heteroatoms. The standard InChI is InChI=1S/C15H10Br2O4/c1-20-14(18)9-6-7-13(12(17)8-9)21-15(19)10-4-2-3-5-11(10)16/h2-8H,1H3. The molecule has 0 fully saturated rings. The van der Waals surface area contributed by atoms with Gasteiger partial charge in [-0.25, -0.2) is 9.59 Å². The fraction of sp³-hybridized carbons (Fsp3) is 0.0667. The van der Waals surface area contributed by atoms with Crippen LogP contribution in [0, 0.1) is 0 Å². The third kappa shape index (κ3) is 3.71. The number of methoxy groups -OCH3 is 1. The van der Waals surface area contributed by atoms with E-state index in [-0.39, 0.29) is 0 Å². The molecule has 0 aliphatic heterocycles. The summed E-state index contributed by atoms with van der Waals surface area (Å²) in [7, 11) is 1.30. The van der Waals surface area contributed by atoms with Crippen molar-refractivity contribution < 1.29 is 19.1 Å². The number of carbonyl (C=O) groups is 2. The summed E-state index contributed by atoms with van der Waals surface area (Å²) in [5.74, 6) is -0.628. The molecule has 0 spiro atoms. The van der Waals surface area contributed by atoms with Crippen molar-refractivity contribution in [2.24, 2.45) is 0 Å². The second-order valence-electron chi connectivity index (χ2n) is 4.01. The second kappa shape index (κ2) is 6.87. The predicted octanol–water partition coefficient (Wildman–Crippen LogP) is 4.22. The van der Waals surface area contributed by atoms with Crippen LogP contribution in [0.15, 0.2) is 51.4 Å². The van der Waals surface area contributed by atoms with Crippen LogP contribution in [-0.2, 0) is 4.74 Å². The van der Waals surface area contributed by atoms with Gasteiger partial charge in [0.25, 0.3) is 0 Å².